The van der Waals surface area contributed by atoms with Crippen molar-refractivity contribution in [3.05, 3.63) is 71.9 Å². The lowest BCUT2D eigenvalue weighted by Gasteiger charge is -2.13. The molecular weight excluding hydrogens is 390 g/mol. The van der Waals surface area contributed by atoms with Gasteiger partial charge in [-0.25, -0.2) is 18.4 Å². The Bertz CT molecular complexity index is 1210. The van der Waals surface area contributed by atoms with Crippen molar-refractivity contribution in [2.45, 2.75) is 25.2 Å². The monoisotopic (exact) mass is 409 g/mol. The zero-order valence-electron chi connectivity index (χ0n) is 15.5. The summed E-state index contributed by atoms with van der Waals surface area (Å²) in [5.74, 6) is 0. The normalized spacial score (nSPS) is 11.6. The van der Waals surface area contributed by atoms with Crippen molar-refractivity contribution in [3.63, 3.8) is 0 Å². The van der Waals surface area contributed by atoms with Crippen LogP contribution in [0, 0.1) is 6.92 Å². The van der Waals surface area contributed by atoms with E-state index in [2.05, 4.69) is 14.7 Å². The third-order valence-corrected chi connectivity index (χ3v) is 7.01. The lowest BCUT2D eigenvalue weighted by Crippen LogP contribution is -2.14. The highest BCUT2D eigenvalue weighted by Crippen LogP contribution is 2.34. The maximum Gasteiger partial charge on any atom is 0.261 e. The summed E-state index contributed by atoms with van der Waals surface area (Å²) < 4.78 is 28.3. The second-order valence-corrected chi connectivity index (χ2v) is 9.09. The minimum atomic E-state index is -3.66. The summed E-state index contributed by atoms with van der Waals surface area (Å²) in [4.78, 5) is 10.1. The molecule has 0 radical (unpaired) electrons. The summed E-state index contributed by atoms with van der Waals surface area (Å²) >= 11 is 1.49. The number of anilines is 1. The number of sulfonamides is 1. The number of nitrogens with zero attached hydrogens (tertiary/aromatic N) is 2. The van der Waals surface area contributed by atoms with E-state index in [0.29, 0.717) is 5.69 Å². The molecule has 0 atom stereocenters. The van der Waals surface area contributed by atoms with Crippen molar-refractivity contribution < 1.29 is 8.42 Å². The standard InChI is InChI=1S/C21H19N3O2S2/c1-3-15-9-11-16(12-10-15)28(25,26)24-18-7-4-6-17(14(18)2)20-23-19-8-5-13-22-21(19)27-20/h4-13,24H,3H2,1-2H3. The van der Waals surface area contributed by atoms with Gasteiger partial charge in [0.25, 0.3) is 10.0 Å². The highest BCUT2D eigenvalue weighted by atomic mass is 32.2. The maximum atomic E-state index is 12.8. The van der Waals surface area contributed by atoms with Crippen LogP contribution in [-0.4, -0.2) is 18.4 Å². The number of hydrogen-bond acceptors (Lipinski definition) is 5. The van der Waals surface area contributed by atoms with Gasteiger partial charge in [-0.3, -0.25) is 4.72 Å². The third kappa shape index (κ3) is 3.50. The molecule has 28 heavy (non-hydrogen) atoms. The van der Waals surface area contributed by atoms with Gasteiger partial charge in [0.1, 0.15) is 15.4 Å². The first-order valence-electron chi connectivity index (χ1n) is 8.91. The number of hydrogen-bond donors (Lipinski definition) is 1. The van der Waals surface area contributed by atoms with E-state index in [1.54, 1.807) is 24.4 Å². The second-order valence-electron chi connectivity index (χ2n) is 6.43. The van der Waals surface area contributed by atoms with E-state index >= 15 is 0 Å². The molecular formula is C21H19N3O2S2. The highest BCUT2D eigenvalue weighted by Gasteiger charge is 2.17. The average Bonchev–Trinajstić information content (AvgIpc) is 3.13. The first-order chi connectivity index (χ1) is 13.5. The van der Waals surface area contributed by atoms with E-state index in [4.69, 9.17) is 0 Å². The molecule has 2 aromatic heterocycles. The van der Waals surface area contributed by atoms with E-state index in [-0.39, 0.29) is 4.90 Å². The van der Waals surface area contributed by atoms with Crippen LogP contribution in [0.2, 0.25) is 0 Å². The largest absolute Gasteiger partial charge is 0.279 e. The molecule has 2 aromatic carbocycles. The molecule has 0 bridgehead atoms. The van der Waals surface area contributed by atoms with Crippen LogP contribution in [0.5, 0.6) is 0 Å². The van der Waals surface area contributed by atoms with Crippen LogP contribution in [0.25, 0.3) is 20.9 Å². The summed E-state index contributed by atoms with van der Waals surface area (Å²) in [7, 11) is -3.66. The number of fused-ring (bicyclic) bond motifs is 1. The maximum absolute atomic E-state index is 12.8. The molecule has 1 N–H and O–H groups in total. The van der Waals surface area contributed by atoms with Crippen molar-refractivity contribution in [3.8, 4) is 10.6 Å². The summed E-state index contributed by atoms with van der Waals surface area (Å²) in [6.45, 7) is 3.93. The first kappa shape index (κ1) is 18.6. The Morgan fingerprint density at radius 3 is 2.54 bits per heavy atom. The molecule has 4 rings (SSSR count). The van der Waals surface area contributed by atoms with Crippen LogP contribution in [0.15, 0.2) is 65.7 Å². The van der Waals surface area contributed by atoms with Crippen LogP contribution in [0.1, 0.15) is 18.1 Å². The lowest BCUT2D eigenvalue weighted by atomic mass is 10.1. The number of nitrogens with one attached hydrogen (secondary N) is 1. The molecule has 0 saturated heterocycles. The Kier molecular flexibility index (Phi) is 4.87. The topological polar surface area (TPSA) is 72.0 Å². The van der Waals surface area contributed by atoms with Crippen LogP contribution in [0.3, 0.4) is 0 Å². The number of thiazole rings is 1. The Balaban J connectivity index is 1.69. The van der Waals surface area contributed by atoms with Crippen molar-refractivity contribution in [1.82, 2.24) is 9.97 Å². The van der Waals surface area contributed by atoms with E-state index in [9.17, 15) is 8.42 Å². The van der Waals surface area contributed by atoms with Crippen LogP contribution in [-0.2, 0) is 16.4 Å². The van der Waals surface area contributed by atoms with Gasteiger partial charge < -0.3 is 0 Å². The third-order valence-electron chi connectivity index (χ3n) is 4.62. The molecule has 0 unspecified atom stereocenters. The molecule has 142 valence electrons. The Labute approximate surface area is 168 Å². The van der Waals surface area contributed by atoms with Gasteiger partial charge in [0.05, 0.1) is 10.6 Å². The summed E-state index contributed by atoms with van der Waals surface area (Å²) in [5, 5.41) is 0.819. The van der Waals surface area contributed by atoms with Crippen molar-refractivity contribution in [2.24, 2.45) is 0 Å². The fraction of sp³-hybridized carbons (Fsp3) is 0.143. The van der Waals surface area contributed by atoms with Gasteiger partial charge in [0.2, 0.25) is 0 Å². The van der Waals surface area contributed by atoms with Gasteiger partial charge in [-0.15, -0.1) is 0 Å². The minimum absolute atomic E-state index is 0.249. The van der Waals surface area contributed by atoms with Crippen molar-refractivity contribution >= 4 is 37.4 Å². The summed E-state index contributed by atoms with van der Waals surface area (Å²) in [5.41, 5.74) is 4.20. The fourth-order valence-electron chi connectivity index (χ4n) is 2.97. The minimum Gasteiger partial charge on any atom is -0.279 e. The molecule has 7 heteroatoms. The zero-order chi connectivity index (χ0) is 19.7. The van der Waals surface area contributed by atoms with Gasteiger partial charge >= 0.3 is 0 Å². The highest BCUT2D eigenvalue weighted by molar-refractivity contribution is 7.92. The van der Waals surface area contributed by atoms with E-state index < -0.39 is 10.0 Å². The average molecular weight is 410 g/mol. The SMILES string of the molecule is CCc1ccc(S(=O)(=O)Nc2cccc(-c3nc4cccnc4s3)c2C)cc1. The van der Waals surface area contributed by atoms with E-state index in [0.717, 1.165) is 38.5 Å². The van der Waals surface area contributed by atoms with Gasteiger partial charge in [-0.05, 0) is 54.8 Å². The van der Waals surface area contributed by atoms with Gasteiger partial charge in [0, 0.05) is 11.8 Å². The van der Waals surface area contributed by atoms with Crippen LogP contribution < -0.4 is 4.72 Å². The lowest BCUT2D eigenvalue weighted by molar-refractivity contribution is 0.601. The molecule has 0 spiro atoms. The molecule has 0 aliphatic carbocycles. The number of rotatable bonds is 5. The van der Waals surface area contributed by atoms with Crippen LogP contribution in [0.4, 0.5) is 5.69 Å². The number of pyridine rings is 1. The number of aromatic nitrogens is 2. The molecule has 0 fully saturated rings. The molecule has 5 nitrogen and oxygen atoms in total. The number of aryl methyl sites for hydroxylation is 1. The zero-order valence-corrected chi connectivity index (χ0v) is 17.1. The molecule has 0 aliphatic heterocycles. The second kappa shape index (κ2) is 7.33. The quantitative estimate of drug-likeness (QED) is 0.502. The Morgan fingerprint density at radius 1 is 1.04 bits per heavy atom. The summed E-state index contributed by atoms with van der Waals surface area (Å²) in [6, 6.07) is 16.3. The predicted molar refractivity (Wildman–Crippen MR) is 114 cm³/mol. The van der Waals surface area contributed by atoms with Crippen molar-refractivity contribution in [2.75, 3.05) is 4.72 Å². The Morgan fingerprint density at radius 2 is 1.82 bits per heavy atom. The van der Waals surface area contributed by atoms with E-state index in [1.807, 2.05) is 50.2 Å². The predicted octanol–water partition coefficient (Wildman–Crippen LogP) is 5.03. The fourth-order valence-corrected chi connectivity index (χ4v) is 5.08. The molecule has 0 aliphatic rings. The molecule has 0 amide bonds. The smallest absolute Gasteiger partial charge is 0.261 e. The van der Waals surface area contributed by atoms with Gasteiger partial charge in [0.15, 0.2) is 0 Å². The summed E-state index contributed by atoms with van der Waals surface area (Å²) in [6.07, 6.45) is 2.61. The van der Waals surface area contributed by atoms with Gasteiger partial charge in [-0.1, -0.05) is 42.5 Å². The van der Waals surface area contributed by atoms with Crippen LogP contribution >= 0.6 is 11.3 Å². The molecule has 0 saturated carbocycles. The van der Waals surface area contributed by atoms with Crippen molar-refractivity contribution in [1.29, 1.82) is 0 Å². The number of benzene rings is 2. The molecule has 4 aromatic rings. The first-order valence-corrected chi connectivity index (χ1v) is 11.2. The molecule has 2 heterocycles. The Hall–Kier alpha value is -2.77. The van der Waals surface area contributed by atoms with Gasteiger partial charge in [-0.2, -0.15) is 0 Å². The van der Waals surface area contributed by atoms with E-state index in [1.165, 1.54) is 11.3 Å².